The minimum absolute atomic E-state index is 0.0183. The molecule has 5 heteroatoms. The number of hydrogen-bond donors (Lipinski definition) is 3. The van der Waals surface area contributed by atoms with E-state index in [-0.39, 0.29) is 28.5 Å². The average molecular weight is 250 g/mol. The lowest BCUT2D eigenvalue weighted by Gasteiger charge is -2.39. The Balaban J connectivity index is 2.26. The third-order valence-corrected chi connectivity index (χ3v) is 3.09. The van der Waals surface area contributed by atoms with Crippen molar-refractivity contribution in [3.8, 4) is 11.5 Å². The third-order valence-electron chi connectivity index (χ3n) is 3.09. The maximum absolute atomic E-state index is 12.3. The first kappa shape index (κ1) is 12.7. The first-order valence-corrected chi connectivity index (χ1v) is 5.96. The van der Waals surface area contributed by atoms with Crippen LogP contribution in [0.1, 0.15) is 24.2 Å². The first-order valence-electron chi connectivity index (χ1n) is 5.96. The zero-order valence-corrected chi connectivity index (χ0v) is 10.6. The van der Waals surface area contributed by atoms with E-state index in [1.165, 1.54) is 18.2 Å². The number of phenolic OH excluding ortho intramolecular Hbond substituents is 2. The Bertz CT molecular complexity index is 451. The lowest BCUT2D eigenvalue weighted by molar-refractivity contribution is 0.0646. The normalized spacial score (nSPS) is 18.7. The predicted octanol–water partition coefficient (Wildman–Crippen LogP) is 0.922. The molecule has 1 aromatic carbocycles. The molecule has 18 heavy (non-hydrogen) atoms. The molecule has 0 aromatic heterocycles. The van der Waals surface area contributed by atoms with Crippen LogP contribution in [0.25, 0.3) is 0 Å². The highest BCUT2D eigenvalue weighted by molar-refractivity contribution is 5.99. The second kappa shape index (κ2) is 4.49. The predicted molar refractivity (Wildman–Crippen MR) is 67.8 cm³/mol. The second-order valence-corrected chi connectivity index (χ2v) is 5.21. The van der Waals surface area contributed by atoms with E-state index >= 15 is 0 Å². The Labute approximate surface area is 106 Å². The van der Waals surface area contributed by atoms with Crippen molar-refractivity contribution < 1.29 is 15.0 Å². The standard InChI is InChI=1S/C13H18N2O3/c1-13(2)8-15(7-6-14-13)12(18)11-9(16)4-3-5-10(11)17/h3-5,14,16-17H,6-8H2,1-2H3. The number of benzene rings is 1. The number of carbonyl (C=O) groups is 1. The van der Waals surface area contributed by atoms with Crippen molar-refractivity contribution in [2.24, 2.45) is 0 Å². The van der Waals surface area contributed by atoms with Crippen molar-refractivity contribution in [3.05, 3.63) is 23.8 Å². The summed E-state index contributed by atoms with van der Waals surface area (Å²) in [6, 6.07) is 4.31. The van der Waals surface area contributed by atoms with Gasteiger partial charge in [0, 0.05) is 25.2 Å². The molecule has 0 radical (unpaired) electrons. The number of phenols is 2. The molecule has 5 nitrogen and oxygen atoms in total. The number of amides is 1. The van der Waals surface area contributed by atoms with Gasteiger partial charge in [-0.3, -0.25) is 4.79 Å². The number of rotatable bonds is 1. The Morgan fingerprint density at radius 1 is 1.33 bits per heavy atom. The van der Waals surface area contributed by atoms with Crippen molar-refractivity contribution in [1.29, 1.82) is 0 Å². The summed E-state index contributed by atoms with van der Waals surface area (Å²) in [6.45, 7) is 5.83. The molecule has 1 saturated heterocycles. The van der Waals surface area contributed by atoms with E-state index in [1.807, 2.05) is 13.8 Å². The summed E-state index contributed by atoms with van der Waals surface area (Å²) in [4.78, 5) is 14.0. The molecular weight excluding hydrogens is 232 g/mol. The molecule has 0 aliphatic carbocycles. The number of carbonyl (C=O) groups excluding carboxylic acids is 1. The number of nitrogens with one attached hydrogen (secondary N) is 1. The Morgan fingerprint density at radius 3 is 2.50 bits per heavy atom. The Kier molecular flexibility index (Phi) is 3.17. The second-order valence-electron chi connectivity index (χ2n) is 5.21. The maximum Gasteiger partial charge on any atom is 0.261 e. The molecule has 1 amide bonds. The van der Waals surface area contributed by atoms with Crippen molar-refractivity contribution >= 4 is 5.91 Å². The van der Waals surface area contributed by atoms with E-state index in [9.17, 15) is 15.0 Å². The molecule has 1 heterocycles. The molecular formula is C13H18N2O3. The molecule has 1 aliphatic heterocycles. The van der Waals surface area contributed by atoms with Crippen LogP contribution in [0.4, 0.5) is 0 Å². The van der Waals surface area contributed by atoms with Gasteiger partial charge in [0.2, 0.25) is 0 Å². The van der Waals surface area contributed by atoms with Gasteiger partial charge in [0.1, 0.15) is 17.1 Å². The van der Waals surface area contributed by atoms with Crippen LogP contribution >= 0.6 is 0 Å². The van der Waals surface area contributed by atoms with Gasteiger partial charge in [-0.15, -0.1) is 0 Å². The summed E-state index contributed by atoms with van der Waals surface area (Å²) in [5, 5.41) is 22.7. The Hall–Kier alpha value is -1.75. The summed E-state index contributed by atoms with van der Waals surface area (Å²) >= 11 is 0. The summed E-state index contributed by atoms with van der Waals surface area (Å²) in [6.07, 6.45) is 0. The third kappa shape index (κ3) is 2.41. The van der Waals surface area contributed by atoms with Crippen LogP contribution in [-0.2, 0) is 0 Å². The largest absolute Gasteiger partial charge is 0.507 e. The molecule has 0 atom stereocenters. The van der Waals surface area contributed by atoms with Crippen molar-refractivity contribution in [1.82, 2.24) is 10.2 Å². The quantitative estimate of drug-likeness (QED) is 0.693. The highest BCUT2D eigenvalue weighted by Crippen LogP contribution is 2.28. The highest BCUT2D eigenvalue weighted by atomic mass is 16.3. The van der Waals surface area contributed by atoms with Gasteiger partial charge in [0.05, 0.1) is 0 Å². The van der Waals surface area contributed by atoms with E-state index < -0.39 is 0 Å². The van der Waals surface area contributed by atoms with Gasteiger partial charge in [0.15, 0.2) is 0 Å². The van der Waals surface area contributed by atoms with Crippen molar-refractivity contribution in [3.63, 3.8) is 0 Å². The van der Waals surface area contributed by atoms with E-state index in [4.69, 9.17) is 0 Å². The maximum atomic E-state index is 12.3. The van der Waals surface area contributed by atoms with Gasteiger partial charge in [-0.1, -0.05) is 6.07 Å². The molecule has 1 fully saturated rings. The fourth-order valence-electron chi connectivity index (χ4n) is 2.22. The van der Waals surface area contributed by atoms with E-state index in [1.54, 1.807) is 4.90 Å². The molecule has 1 aromatic rings. The molecule has 98 valence electrons. The fourth-order valence-corrected chi connectivity index (χ4v) is 2.22. The molecule has 0 bridgehead atoms. The monoisotopic (exact) mass is 250 g/mol. The number of aromatic hydroxyl groups is 2. The lowest BCUT2D eigenvalue weighted by atomic mass is 10.0. The van der Waals surface area contributed by atoms with Gasteiger partial charge in [-0.2, -0.15) is 0 Å². The topological polar surface area (TPSA) is 72.8 Å². The van der Waals surface area contributed by atoms with Gasteiger partial charge < -0.3 is 20.4 Å². The zero-order valence-electron chi connectivity index (χ0n) is 10.6. The van der Waals surface area contributed by atoms with Crippen LogP contribution in [-0.4, -0.2) is 46.2 Å². The molecule has 0 spiro atoms. The lowest BCUT2D eigenvalue weighted by Crippen LogP contribution is -2.58. The minimum Gasteiger partial charge on any atom is -0.507 e. The Morgan fingerprint density at radius 2 is 1.94 bits per heavy atom. The smallest absolute Gasteiger partial charge is 0.261 e. The summed E-state index contributed by atoms with van der Waals surface area (Å²) < 4.78 is 0. The number of piperazine rings is 1. The zero-order chi connectivity index (χ0) is 13.3. The van der Waals surface area contributed by atoms with Crippen LogP contribution in [0.3, 0.4) is 0 Å². The molecule has 0 unspecified atom stereocenters. The van der Waals surface area contributed by atoms with E-state index in [2.05, 4.69) is 5.32 Å². The average Bonchev–Trinajstić information content (AvgIpc) is 2.27. The minimum atomic E-state index is -0.333. The van der Waals surface area contributed by atoms with E-state index in [0.29, 0.717) is 19.6 Å². The van der Waals surface area contributed by atoms with Crippen LogP contribution in [0.15, 0.2) is 18.2 Å². The van der Waals surface area contributed by atoms with Crippen molar-refractivity contribution in [2.75, 3.05) is 19.6 Å². The van der Waals surface area contributed by atoms with Gasteiger partial charge in [0.25, 0.3) is 5.91 Å². The van der Waals surface area contributed by atoms with E-state index in [0.717, 1.165) is 0 Å². The number of nitrogens with zero attached hydrogens (tertiary/aromatic N) is 1. The van der Waals surface area contributed by atoms with Crippen LogP contribution in [0, 0.1) is 0 Å². The van der Waals surface area contributed by atoms with Gasteiger partial charge >= 0.3 is 0 Å². The SMILES string of the molecule is CC1(C)CN(C(=O)c2c(O)cccc2O)CCN1. The van der Waals surface area contributed by atoms with Crippen LogP contribution < -0.4 is 5.32 Å². The van der Waals surface area contributed by atoms with Crippen LogP contribution in [0.2, 0.25) is 0 Å². The first-order chi connectivity index (χ1) is 8.41. The summed E-state index contributed by atoms with van der Waals surface area (Å²) in [5.41, 5.74) is -0.177. The van der Waals surface area contributed by atoms with Gasteiger partial charge in [-0.05, 0) is 26.0 Å². The highest BCUT2D eigenvalue weighted by Gasteiger charge is 2.31. The molecule has 1 aliphatic rings. The van der Waals surface area contributed by atoms with Gasteiger partial charge in [-0.25, -0.2) is 0 Å². The number of hydrogen-bond acceptors (Lipinski definition) is 4. The van der Waals surface area contributed by atoms with Crippen molar-refractivity contribution in [2.45, 2.75) is 19.4 Å². The molecule has 2 rings (SSSR count). The fraction of sp³-hybridized carbons (Fsp3) is 0.462. The summed E-state index contributed by atoms with van der Waals surface area (Å²) in [5.74, 6) is -0.701. The summed E-state index contributed by atoms with van der Waals surface area (Å²) in [7, 11) is 0. The molecule has 3 N–H and O–H groups in total. The van der Waals surface area contributed by atoms with Crippen LogP contribution in [0.5, 0.6) is 11.5 Å². The molecule has 0 saturated carbocycles.